The number of thioether (sulfide) groups is 1. The van der Waals surface area contributed by atoms with E-state index in [1.54, 1.807) is 11.3 Å². The number of anilines is 1. The second kappa shape index (κ2) is 8.33. The lowest BCUT2D eigenvalue weighted by Crippen LogP contribution is -2.14. The molecule has 0 fully saturated rings. The number of carbonyl (C=O) groups is 1. The number of aryl methyl sites for hydroxylation is 2. The van der Waals surface area contributed by atoms with Crippen LogP contribution in [0.4, 0.5) is 5.00 Å². The molecule has 1 N–H and O–H groups in total. The zero-order valence-corrected chi connectivity index (χ0v) is 18.8. The first-order valence-electron chi connectivity index (χ1n) is 10.4. The average molecular weight is 448 g/mol. The lowest BCUT2D eigenvalue weighted by Gasteiger charge is -2.07. The quantitative estimate of drug-likeness (QED) is 0.347. The molecule has 1 amide bonds. The third-order valence-electron chi connectivity index (χ3n) is 5.69. The molecule has 0 atom stereocenters. The fourth-order valence-corrected chi connectivity index (χ4v) is 6.22. The van der Waals surface area contributed by atoms with Crippen molar-refractivity contribution in [2.45, 2.75) is 44.2 Å². The van der Waals surface area contributed by atoms with Crippen LogP contribution in [0, 0.1) is 18.3 Å². The predicted octanol–water partition coefficient (Wildman–Crippen LogP) is 5.12. The zero-order valence-electron chi connectivity index (χ0n) is 17.1. The van der Waals surface area contributed by atoms with Gasteiger partial charge in [0.25, 0.3) is 0 Å². The van der Waals surface area contributed by atoms with Crippen molar-refractivity contribution >= 4 is 50.6 Å². The molecule has 6 nitrogen and oxygen atoms in total. The Morgan fingerprint density at radius 3 is 2.97 bits per heavy atom. The fourth-order valence-electron chi connectivity index (χ4n) is 4.21. The number of nitriles is 1. The molecule has 1 aliphatic carbocycles. The number of nitrogens with one attached hydrogen (secondary N) is 1. The Hall–Kier alpha value is -2.89. The van der Waals surface area contributed by atoms with Gasteiger partial charge in [-0.1, -0.05) is 36.4 Å². The van der Waals surface area contributed by atoms with Gasteiger partial charge in [0, 0.05) is 10.3 Å². The SMILES string of the molecule is Cc1cc2nnc(SCC(=O)Nc3sc4c(c3C#N)CCCCC4)n2c2ccccc12. The van der Waals surface area contributed by atoms with Crippen molar-refractivity contribution in [3.05, 3.63) is 51.9 Å². The Balaban J connectivity index is 1.37. The number of para-hydroxylation sites is 1. The Labute approximate surface area is 188 Å². The van der Waals surface area contributed by atoms with Crippen molar-refractivity contribution in [2.75, 3.05) is 11.1 Å². The summed E-state index contributed by atoms with van der Waals surface area (Å²) in [6, 6.07) is 12.5. The Bertz CT molecular complexity index is 1350. The number of amides is 1. The summed E-state index contributed by atoms with van der Waals surface area (Å²) in [6.45, 7) is 2.06. The van der Waals surface area contributed by atoms with Gasteiger partial charge in [-0.2, -0.15) is 5.26 Å². The van der Waals surface area contributed by atoms with Crippen molar-refractivity contribution in [2.24, 2.45) is 0 Å². The lowest BCUT2D eigenvalue weighted by atomic mass is 10.1. The predicted molar refractivity (Wildman–Crippen MR) is 125 cm³/mol. The molecule has 1 aromatic carbocycles. The molecule has 0 unspecified atom stereocenters. The standard InChI is InChI=1S/C23H21N5OS2/c1-14-11-20-26-27-23(28(20)18-9-6-5-7-15(14)18)30-13-21(29)25-22-17(12-24)16-8-3-2-4-10-19(16)31-22/h5-7,9,11H,2-4,8,10,13H2,1H3,(H,25,29). The molecule has 0 spiro atoms. The van der Waals surface area contributed by atoms with Gasteiger partial charge in [-0.05, 0) is 55.9 Å². The Kier molecular flexibility index (Phi) is 5.38. The van der Waals surface area contributed by atoms with Crippen LogP contribution in [0.2, 0.25) is 0 Å². The van der Waals surface area contributed by atoms with Crippen LogP contribution < -0.4 is 5.32 Å². The number of benzene rings is 1. The highest BCUT2D eigenvalue weighted by atomic mass is 32.2. The third kappa shape index (κ3) is 3.68. The van der Waals surface area contributed by atoms with Crippen LogP contribution in [-0.4, -0.2) is 26.3 Å². The largest absolute Gasteiger partial charge is 0.316 e. The minimum atomic E-state index is -0.133. The highest BCUT2D eigenvalue weighted by Gasteiger charge is 2.21. The molecule has 8 heteroatoms. The second-order valence-corrected chi connectivity index (χ2v) is 9.79. The van der Waals surface area contributed by atoms with Crippen LogP contribution in [0.25, 0.3) is 16.6 Å². The lowest BCUT2D eigenvalue weighted by molar-refractivity contribution is -0.113. The van der Waals surface area contributed by atoms with Gasteiger partial charge >= 0.3 is 0 Å². The number of thiophene rings is 1. The molecule has 5 rings (SSSR count). The Morgan fingerprint density at radius 1 is 1.26 bits per heavy atom. The summed E-state index contributed by atoms with van der Waals surface area (Å²) in [5.41, 5.74) is 4.73. The number of hydrogen-bond acceptors (Lipinski definition) is 6. The summed E-state index contributed by atoms with van der Waals surface area (Å²) >= 11 is 2.92. The van der Waals surface area contributed by atoms with E-state index in [0.717, 1.165) is 53.4 Å². The molecule has 0 radical (unpaired) electrons. The first-order valence-corrected chi connectivity index (χ1v) is 12.2. The van der Waals surface area contributed by atoms with Gasteiger partial charge in [0.15, 0.2) is 10.8 Å². The van der Waals surface area contributed by atoms with E-state index in [1.807, 2.05) is 28.7 Å². The molecule has 0 saturated heterocycles. The van der Waals surface area contributed by atoms with Gasteiger partial charge in [-0.3, -0.25) is 9.20 Å². The Morgan fingerprint density at radius 2 is 2.10 bits per heavy atom. The molecular weight excluding hydrogens is 426 g/mol. The molecule has 3 aromatic heterocycles. The third-order valence-corrected chi connectivity index (χ3v) is 7.83. The van der Waals surface area contributed by atoms with Crippen LogP contribution >= 0.6 is 23.1 Å². The van der Waals surface area contributed by atoms with E-state index in [2.05, 4.69) is 34.6 Å². The van der Waals surface area contributed by atoms with E-state index >= 15 is 0 Å². The smallest absolute Gasteiger partial charge is 0.235 e. The van der Waals surface area contributed by atoms with Gasteiger partial charge in [0.1, 0.15) is 11.1 Å². The van der Waals surface area contributed by atoms with Gasteiger partial charge in [-0.15, -0.1) is 21.5 Å². The fraction of sp³-hybridized carbons (Fsp3) is 0.304. The molecule has 0 aliphatic heterocycles. The number of rotatable bonds is 4. The number of pyridine rings is 1. The molecule has 0 bridgehead atoms. The summed E-state index contributed by atoms with van der Waals surface area (Å²) in [5.74, 6) is 0.0715. The molecule has 31 heavy (non-hydrogen) atoms. The van der Waals surface area contributed by atoms with Gasteiger partial charge in [-0.25, -0.2) is 0 Å². The molecule has 3 heterocycles. The minimum absolute atomic E-state index is 0.133. The van der Waals surface area contributed by atoms with Crippen LogP contribution in [0.5, 0.6) is 0 Å². The maximum atomic E-state index is 12.7. The van der Waals surface area contributed by atoms with Crippen LogP contribution in [0.1, 0.15) is 40.8 Å². The molecular formula is C23H21N5OS2. The van der Waals surface area contributed by atoms with E-state index in [1.165, 1.54) is 23.1 Å². The summed E-state index contributed by atoms with van der Waals surface area (Å²) in [7, 11) is 0. The summed E-state index contributed by atoms with van der Waals surface area (Å²) in [5, 5.41) is 23.8. The monoisotopic (exact) mass is 447 g/mol. The van der Waals surface area contributed by atoms with E-state index in [9.17, 15) is 10.1 Å². The number of nitrogens with zero attached hydrogens (tertiary/aromatic N) is 4. The van der Waals surface area contributed by atoms with Crippen molar-refractivity contribution in [1.82, 2.24) is 14.6 Å². The van der Waals surface area contributed by atoms with E-state index in [0.29, 0.717) is 15.7 Å². The maximum absolute atomic E-state index is 12.7. The van der Waals surface area contributed by atoms with Crippen LogP contribution in [0.3, 0.4) is 0 Å². The van der Waals surface area contributed by atoms with E-state index in [-0.39, 0.29) is 11.7 Å². The number of hydrogen-bond donors (Lipinski definition) is 1. The molecule has 4 aromatic rings. The van der Waals surface area contributed by atoms with E-state index in [4.69, 9.17) is 0 Å². The highest BCUT2D eigenvalue weighted by Crippen LogP contribution is 2.37. The van der Waals surface area contributed by atoms with Crippen molar-refractivity contribution < 1.29 is 4.79 Å². The van der Waals surface area contributed by atoms with Gasteiger partial charge in [0.05, 0.1) is 16.8 Å². The van der Waals surface area contributed by atoms with Crippen molar-refractivity contribution in [3.63, 3.8) is 0 Å². The summed E-state index contributed by atoms with van der Waals surface area (Å²) < 4.78 is 1.99. The van der Waals surface area contributed by atoms with Gasteiger partial charge < -0.3 is 5.32 Å². The normalized spacial score (nSPS) is 13.7. The number of carbonyl (C=O) groups excluding carboxylic acids is 1. The van der Waals surface area contributed by atoms with E-state index < -0.39 is 0 Å². The first-order chi connectivity index (χ1) is 15.2. The zero-order chi connectivity index (χ0) is 21.4. The first kappa shape index (κ1) is 20.0. The van der Waals surface area contributed by atoms with Crippen LogP contribution in [-0.2, 0) is 17.6 Å². The van der Waals surface area contributed by atoms with Crippen LogP contribution in [0.15, 0.2) is 35.5 Å². The topological polar surface area (TPSA) is 83.1 Å². The average Bonchev–Trinajstić information content (AvgIpc) is 3.24. The molecule has 1 aliphatic rings. The molecule has 0 saturated carbocycles. The number of aromatic nitrogens is 3. The maximum Gasteiger partial charge on any atom is 0.235 e. The second-order valence-electron chi connectivity index (χ2n) is 7.74. The number of fused-ring (bicyclic) bond motifs is 4. The van der Waals surface area contributed by atoms with Crippen molar-refractivity contribution in [3.8, 4) is 6.07 Å². The summed E-state index contributed by atoms with van der Waals surface area (Å²) in [6.07, 6.45) is 5.38. The highest BCUT2D eigenvalue weighted by molar-refractivity contribution is 7.99. The minimum Gasteiger partial charge on any atom is -0.316 e. The summed E-state index contributed by atoms with van der Waals surface area (Å²) in [4.78, 5) is 14.0. The van der Waals surface area contributed by atoms with Gasteiger partial charge in [0.2, 0.25) is 5.91 Å². The molecule has 156 valence electrons. The van der Waals surface area contributed by atoms with Crippen molar-refractivity contribution in [1.29, 1.82) is 5.26 Å².